The van der Waals surface area contributed by atoms with Crippen molar-refractivity contribution < 1.29 is 14.3 Å². The van der Waals surface area contributed by atoms with Crippen LogP contribution in [-0.2, 0) is 22.7 Å². The van der Waals surface area contributed by atoms with Crippen LogP contribution >= 0.6 is 0 Å². The average molecular weight is 321 g/mol. The molecule has 0 N–H and O–H groups in total. The van der Waals surface area contributed by atoms with E-state index in [4.69, 9.17) is 9.47 Å². The first-order valence-corrected chi connectivity index (χ1v) is 7.83. The van der Waals surface area contributed by atoms with Crippen LogP contribution < -0.4 is 4.74 Å². The summed E-state index contributed by atoms with van der Waals surface area (Å²) in [6.45, 7) is 3.96. The molecular weight excluding hydrogens is 302 g/mol. The van der Waals surface area contributed by atoms with Gasteiger partial charge in [-0.15, -0.1) is 0 Å². The van der Waals surface area contributed by atoms with Gasteiger partial charge in [-0.05, 0) is 24.6 Å². The SMILES string of the molecule is CC(=O)OCc1nc2ccccc2c(OCc2ccccc2)c1C. The fraction of sp³-hybridized carbons (Fsp3) is 0.200. The molecule has 24 heavy (non-hydrogen) atoms. The fourth-order valence-electron chi connectivity index (χ4n) is 2.55. The molecule has 0 unspecified atom stereocenters. The van der Waals surface area contributed by atoms with Gasteiger partial charge in [0.15, 0.2) is 0 Å². The maximum atomic E-state index is 11.1. The number of carbonyl (C=O) groups is 1. The van der Waals surface area contributed by atoms with Gasteiger partial charge < -0.3 is 9.47 Å². The Morgan fingerprint density at radius 2 is 1.71 bits per heavy atom. The van der Waals surface area contributed by atoms with Crippen molar-refractivity contribution in [2.75, 3.05) is 0 Å². The predicted molar refractivity (Wildman–Crippen MR) is 92.7 cm³/mol. The van der Waals surface area contributed by atoms with E-state index in [2.05, 4.69) is 4.98 Å². The lowest BCUT2D eigenvalue weighted by atomic mass is 10.1. The number of aromatic nitrogens is 1. The lowest BCUT2D eigenvalue weighted by Crippen LogP contribution is -2.06. The van der Waals surface area contributed by atoms with Crippen molar-refractivity contribution in [2.45, 2.75) is 27.1 Å². The summed E-state index contributed by atoms with van der Waals surface area (Å²) in [4.78, 5) is 15.7. The molecular formula is C20H19NO3. The van der Waals surface area contributed by atoms with Crippen molar-refractivity contribution in [3.05, 3.63) is 71.4 Å². The highest BCUT2D eigenvalue weighted by atomic mass is 16.5. The largest absolute Gasteiger partial charge is 0.488 e. The highest BCUT2D eigenvalue weighted by molar-refractivity contribution is 5.86. The van der Waals surface area contributed by atoms with Gasteiger partial charge in [0, 0.05) is 17.9 Å². The Hall–Kier alpha value is -2.88. The van der Waals surface area contributed by atoms with Crippen LogP contribution in [0.5, 0.6) is 5.75 Å². The average Bonchev–Trinajstić information content (AvgIpc) is 2.60. The third kappa shape index (κ3) is 3.54. The normalized spacial score (nSPS) is 10.6. The minimum Gasteiger partial charge on any atom is -0.488 e. The number of hydrogen-bond acceptors (Lipinski definition) is 4. The number of pyridine rings is 1. The maximum absolute atomic E-state index is 11.1. The molecule has 0 saturated heterocycles. The number of ether oxygens (including phenoxy) is 2. The first-order valence-electron chi connectivity index (χ1n) is 7.83. The molecule has 0 aliphatic rings. The molecule has 4 nitrogen and oxygen atoms in total. The van der Waals surface area contributed by atoms with Gasteiger partial charge in [-0.25, -0.2) is 4.98 Å². The van der Waals surface area contributed by atoms with Crippen molar-refractivity contribution in [3.63, 3.8) is 0 Å². The third-order valence-electron chi connectivity index (χ3n) is 3.82. The second kappa shape index (κ2) is 7.13. The summed E-state index contributed by atoms with van der Waals surface area (Å²) in [5, 5.41) is 0.956. The molecule has 0 radical (unpaired) electrons. The number of carbonyl (C=O) groups excluding carboxylic acids is 1. The zero-order valence-electron chi connectivity index (χ0n) is 13.8. The molecule has 122 valence electrons. The van der Waals surface area contributed by atoms with E-state index in [1.165, 1.54) is 6.92 Å². The summed E-state index contributed by atoms with van der Waals surface area (Å²) in [7, 11) is 0. The molecule has 0 saturated carbocycles. The monoisotopic (exact) mass is 321 g/mol. The van der Waals surface area contributed by atoms with Gasteiger partial charge in [0.2, 0.25) is 0 Å². The second-order valence-corrected chi connectivity index (χ2v) is 5.58. The molecule has 0 bridgehead atoms. The molecule has 2 aromatic carbocycles. The number of nitrogens with zero attached hydrogens (tertiary/aromatic N) is 1. The van der Waals surface area contributed by atoms with Crippen molar-refractivity contribution in [3.8, 4) is 5.75 Å². The van der Waals surface area contributed by atoms with Crippen molar-refractivity contribution in [2.24, 2.45) is 0 Å². The van der Waals surface area contributed by atoms with E-state index in [-0.39, 0.29) is 12.6 Å². The molecule has 0 aliphatic heterocycles. The van der Waals surface area contributed by atoms with Crippen molar-refractivity contribution in [1.29, 1.82) is 0 Å². The molecule has 0 atom stereocenters. The highest BCUT2D eigenvalue weighted by Gasteiger charge is 2.14. The van der Waals surface area contributed by atoms with E-state index in [9.17, 15) is 4.79 Å². The number of rotatable bonds is 5. The Kier molecular flexibility index (Phi) is 4.75. The van der Waals surface area contributed by atoms with E-state index in [1.807, 2.05) is 61.5 Å². The van der Waals surface area contributed by atoms with Crippen LogP contribution in [0.4, 0.5) is 0 Å². The van der Waals surface area contributed by atoms with Crippen LogP contribution in [-0.4, -0.2) is 11.0 Å². The summed E-state index contributed by atoms with van der Waals surface area (Å²) < 4.78 is 11.2. The van der Waals surface area contributed by atoms with Crippen molar-refractivity contribution >= 4 is 16.9 Å². The number of benzene rings is 2. The van der Waals surface area contributed by atoms with Gasteiger partial charge in [-0.3, -0.25) is 4.79 Å². The first kappa shape index (κ1) is 16.0. The maximum Gasteiger partial charge on any atom is 0.303 e. The Morgan fingerprint density at radius 3 is 2.46 bits per heavy atom. The lowest BCUT2D eigenvalue weighted by Gasteiger charge is -2.15. The Labute approximate surface area is 141 Å². The zero-order chi connectivity index (χ0) is 16.9. The van der Waals surface area contributed by atoms with Crippen LogP contribution in [0.15, 0.2) is 54.6 Å². The fourth-order valence-corrected chi connectivity index (χ4v) is 2.55. The highest BCUT2D eigenvalue weighted by Crippen LogP contribution is 2.31. The molecule has 3 aromatic rings. The van der Waals surface area contributed by atoms with Gasteiger partial charge in [0.1, 0.15) is 19.0 Å². The van der Waals surface area contributed by atoms with Gasteiger partial charge in [0.05, 0.1) is 11.2 Å². The Bertz CT molecular complexity index is 859. The molecule has 1 heterocycles. The smallest absolute Gasteiger partial charge is 0.303 e. The molecule has 0 amide bonds. The summed E-state index contributed by atoms with van der Waals surface area (Å²) in [5.41, 5.74) is 3.53. The van der Waals surface area contributed by atoms with E-state index >= 15 is 0 Å². The van der Waals surface area contributed by atoms with E-state index < -0.39 is 0 Å². The van der Waals surface area contributed by atoms with Crippen LogP contribution in [0.25, 0.3) is 10.9 Å². The van der Waals surface area contributed by atoms with Crippen LogP contribution in [0, 0.1) is 6.92 Å². The first-order chi connectivity index (χ1) is 11.6. The molecule has 0 aliphatic carbocycles. The zero-order valence-corrected chi connectivity index (χ0v) is 13.8. The topological polar surface area (TPSA) is 48.4 Å². The minimum absolute atomic E-state index is 0.147. The van der Waals surface area contributed by atoms with Gasteiger partial charge in [0.25, 0.3) is 0 Å². The van der Waals surface area contributed by atoms with Gasteiger partial charge in [-0.2, -0.15) is 0 Å². The number of esters is 1. The molecule has 0 spiro atoms. The number of para-hydroxylation sites is 1. The summed E-state index contributed by atoms with van der Waals surface area (Å²) >= 11 is 0. The van der Waals surface area contributed by atoms with Gasteiger partial charge >= 0.3 is 5.97 Å². The quantitative estimate of drug-likeness (QED) is 0.661. The van der Waals surface area contributed by atoms with E-state index in [0.29, 0.717) is 12.3 Å². The molecule has 1 aromatic heterocycles. The molecule has 4 heteroatoms. The summed E-state index contributed by atoms with van der Waals surface area (Å²) in [6, 6.07) is 17.8. The Balaban J connectivity index is 1.97. The second-order valence-electron chi connectivity index (χ2n) is 5.58. The van der Waals surface area contributed by atoms with Crippen LogP contribution in [0.3, 0.4) is 0 Å². The summed E-state index contributed by atoms with van der Waals surface area (Å²) in [5.74, 6) is 0.461. The third-order valence-corrected chi connectivity index (χ3v) is 3.82. The molecule has 3 rings (SSSR count). The molecule has 0 fully saturated rings. The van der Waals surface area contributed by atoms with Gasteiger partial charge in [-0.1, -0.05) is 42.5 Å². The van der Waals surface area contributed by atoms with E-state index in [1.54, 1.807) is 0 Å². The Morgan fingerprint density at radius 1 is 1.00 bits per heavy atom. The number of fused-ring (bicyclic) bond motifs is 1. The van der Waals surface area contributed by atoms with Crippen LogP contribution in [0.1, 0.15) is 23.7 Å². The lowest BCUT2D eigenvalue weighted by molar-refractivity contribution is -0.142. The standard InChI is InChI=1S/C20H19NO3/c1-14-19(13-23-15(2)22)21-18-11-7-6-10-17(18)20(14)24-12-16-8-4-3-5-9-16/h3-11H,12-13H2,1-2H3. The predicted octanol–water partition coefficient (Wildman–Crippen LogP) is 4.19. The van der Waals surface area contributed by atoms with Crippen molar-refractivity contribution in [1.82, 2.24) is 4.98 Å². The van der Waals surface area contributed by atoms with E-state index in [0.717, 1.165) is 27.8 Å². The summed E-state index contributed by atoms with van der Waals surface area (Å²) in [6.07, 6.45) is 0. The number of hydrogen-bond donors (Lipinski definition) is 0. The minimum atomic E-state index is -0.323. The van der Waals surface area contributed by atoms with Crippen LogP contribution in [0.2, 0.25) is 0 Å².